The minimum absolute atomic E-state index is 0.0562. The number of esters is 1. The normalized spacial score (nSPS) is 16.4. The van der Waals surface area contributed by atoms with Crippen LogP contribution in [0.5, 0.6) is 5.75 Å². The lowest BCUT2D eigenvalue weighted by Gasteiger charge is -2.34. The maximum Gasteiger partial charge on any atom is 0.408 e. The number of carbonyl (C=O) groups excluding carboxylic acids is 3. The van der Waals surface area contributed by atoms with Gasteiger partial charge in [-0.1, -0.05) is 32.9 Å². The van der Waals surface area contributed by atoms with E-state index in [9.17, 15) is 14.4 Å². The number of methoxy groups -OCH3 is 1. The fourth-order valence-electron chi connectivity index (χ4n) is 4.31. The number of amidine groups is 1. The average Bonchev–Trinajstić information content (AvgIpc) is 2.87. The van der Waals surface area contributed by atoms with Gasteiger partial charge in [0.05, 0.1) is 13.7 Å². The van der Waals surface area contributed by atoms with Gasteiger partial charge in [-0.2, -0.15) is 4.99 Å². The predicted molar refractivity (Wildman–Crippen MR) is 151 cm³/mol. The second-order valence-corrected chi connectivity index (χ2v) is 11.5. The topological polar surface area (TPSA) is 133 Å². The van der Waals surface area contributed by atoms with Crippen molar-refractivity contribution in [2.24, 2.45) is 28.5 Å². The lowest BCUT2D eigenvalue weighted by atomic mass is 9.84. The van der Waals surface area contributed by atoms with Crippen LogP contribution in [0, 0.1) is 17.8 Å². The first-order chi connectivity index (χ1) is 18.3. The van der Waals surface area contributed by atoms with Crippen molar-refractivity contribution in [1.29, 1.82) is 0 Å². The fourth-order valence-corrected chi connectivity index (χ4v) is 4.31. The zero-order chi connectivity index (χ0) is 29.2. The summed E-state index contributed by atoms with van der Waals surface area (Å²) in [4.78, 5) is 42.5. The van der Waals surface area contributed by atoms with Crippen LogP contribution >= 0.6 is 0 Å². The van der Waals surface area contributed by atoms with E-state index in [1.54, 1.807) is 25.7 Å². The van der Waals surface area contributed by atoms with Gasteiger partial charge in [0.1, 0.15) is 23.2 Å². The predicted octanol–water partition coefficient (Wildman–Crippen LogP) is 4.55. The van der Waals surface area contributed by atoms with Crippen molar-refractivity contribution in [1.82, 2.24) is 10.2 Å². The summed E-state index contributed by atoms with van der Waals surface area (Å²) in [5, 5.41) is 2.59. The Kier molecular flexibility index (Phi) is 12.1. The molecule has 0 saturated carbocycles. The minimum atomic E-state index is -0.862. The number of amides is 3. The Morgan fingerprint density at radius 2 is 1.72 bits per heavy atom. The van der Waals surface area contributed by atoms with Crippen molar-refractivity contribution in [3.8, 4) is 5.75 Å². The van der Waals surface area contributed by atoms with Crippen molar-refractivity contribution in [2.45, 2.75) is 78.9 Å². The number of ether oxygens (including phenoxy) is 3. The first-order valence-corrected chi connectivity index (χ1v) is 13.7. The van der Waals surface area contributed by atoms with Gasteiger partial charge < -0.3 is 30.2 Å². The molecule has 0 spiro atoms. The van der Waals surface area contributed by atoms with E-state index in [-0.39, 0.29) is 18.4 Å². The third-order valence-corrected chi connectivity index (χ3v) is 6.81. The Hall–Kier alpha value is -3.30. The second-order valence-electron chi connectivity index (χ2n) is 11.5. The number of nitrogens with two attached hydrogens (primary N) is 1. The van der Waals surface area contributed by atoms with Gasteiger partial charge in [0.15, 0.2) is 0 Å². The van der Waals surface area contributed by atoms with E-state index in [1.807, 2.05) is 38.1 Å². The molecule has 1 unspecified atom stereocenters. The summed E-state index contributed by atoms with van der Waals surface area (Å²) < 4.78 is 16.1. The molecule has 0 radical (unpaired) electrons. The molecule has 39 heavy (non-hydrogen) atoms. The molecule has 1 aromatic rings. The Labute approximate surface area is 232 Å². The van der Waals surface area contributed by atoms with E-state index in [1.165, 1.54) is 7.11 Å². The number of nitrogens with one attached hydrogen (secondary N) is 1. The van der Waals surface area contributed by atoms with Gasteiger partial charge in [-0.15, -0.1) is 0 Å². The van der Waals surface area contributed by atoms with Crippen LogP contribution in [0.3, 0.4) is 0 Å². The molecule has 1 heterocycles. The molecule has 3 N–H and O–H groups in total. The molecule has 2 atom stereocenters. The van der Waals surface area contributed by atoms with Crippen molar-refractivity contribution in [3.05, 3.63) is 29.8 Å². The van der Waals surface area contributed by atoms with Gasteiger partial charge in [-0.25, -0.2) is 14.4 Å². The maximum atomic E-state index is 12.3. The number of likely N-dealkylation sites (tertiary alicyclic amines) is 1. The number of hydrogen-bond donors (Lipinski definition) is 2. The summed E-state index contributed by atoms with van der Waals surface area (Å²) in [5.74, 6) is 1.62. The van der Waals surface area contributed by atoms with Gasteiger partial charge >= 0.3 is 18.1 Å². The van der Waals surface area contributed by atoms with E-state index in [0.29, 0.717) is 37.4 Å². The molecule has 1 aliphatic rings. The van der Waals surface area contributed by atoms with Crippen molar-refractivity contribution in [2.75, 3.05) is 26.8 Å². The number of alkyl carbamates (subject to hydrolysis) is 1. The third-order valence-electron chi connectivity index (χ3n) is 6.81. The number of rotatable bonds is 10. The number of piperidine rings is 1. The van der Waals surface area contributed by atoms with Crippen molar-refractivity contribution < 1.29 is 28.6 Å². The van der Waals surface area contributed by atoms with Crippen LogP contribution in [0.4, 0.5) is 9.59 Å². The highest BCUT2D eigenvalue weighted by molar-refractivity contribution is 5.93. The van der Waals surface area contributed by atoms with Crippen LogP contribution in [0.25, 0.3) is 0 Å². The van der Waals surface area contributed by atoms with E-state index >= 15 is 0 Å². The third kappa shape index (κ3) is 11.1. The molecular weight excluding hydrogens is 500 g/mol. The van der Waals surface area contributed by atoms with Crippen LogP contribution in [-0.4, -0.2) is 67.3 Å². The highest BCUT2D eigenvalue weighted by Gasteiger charge is 2.27. The molecular formula is C29H46N4O6. The molecule has 0 aliphatic carbocycles. The molecule has 3 amide bonds. The van der Waals surface area contributed by atoms with Gasteiger partial charge in [-0.05, 0) is 69.6 Å². The quantitative estimate of drug-likeness (QED) is 0.250. The summed E-state index contributed by atoms with van der Waals surface area (Å²) in [6, 6.07) is 6.35. The number of urea groups is 1. The lowest BCUT2D eigenvalue weighted by molar-refractivity contribution is -0.143. The smallest absolute Gasteiger partial charge is 0.408 e. The molecule has 218 valence electrons. The van der Waals surface area contributed by atoms with Crippen LogP contribution in [0.2, 0.25) is 0 Å². The van der Waals surface area contributed by atoms with Crippen LogP contribution < -0.4 is 15.8 Å². The first kappa shape index (κ1) is 31.9. The molecule has 1 fully saturated rings. The fraction of sp³-hybridized carbons (Fsp3) is 0.655. The molecule has 1 aromatic carbocycles. The summed E-state index contributed by atoms with van der Waals surface area (Å²) in [5.41, 5.74) is 6.01. The number of carbonyl (C=O) groups is 3. The maximum absolute atomic E-state index is 12.3. The molecule has 0 aromatic heterocycles. The van der Waals surface area contributed by atoms with Gasteiger partial charge in [0, 0.05) is 25.4 Å². The lowest BCUT2D eigenvalue weighted by Crippen LogP contribution is -2.45. The van der Waals surface area contributed by atoms with Gasteiger partial charge in [0.25, 0.3) is 0 Å². The zero-order valence-electron chi connectivity index (χ0n) is 24.5. The summed E-state index contributed by atoms with van der Waals surface area (Å²) in [7, 11) is 1.28. The Morgan fingerprint density at radius 3 is 2.26 bits per heavy atom. The standard InChI is InChI=1S/C29H46N4O6/c1-19(2)25(30)32-27(35)33-15-12-22(13-16-33)20(3)14-17-38-23-10-8-21(9-11-23)18-24(26(34)37-7)31-28(36)39-29(4,5)6/h8-11,19-20,22,24H,12-18H2,1-7H3,(H,31,36)(H2,30,32,35)/t20-,24?/m1/s1. The molecule has 1 saturated heterocycles. The number of aliphatic imine (C=N–C) groups is 1. The van der Waals surface area contributed by atoms with Gasteiger partial charge in [0.2, 0.25) is 0 Å². The Bertz CT molecular complexity index is 978. The summed E-state index contributed by atoms with van der Waals surface area (Å²) in [6.45, 7) is 13.3. The molecule has 2 rings (SSSR count). The zero-order valence-corrected chi connectivity index (χ0v) is 24.5. The molecule has 1 aliphatic heterocycles. The highest BCUT2D eigenvalue weighted by Crippen LogP contribution is 2.28. The molecule has 10 nitrogen and oxygen atoms in total. The first-order valence-electron chi connectivity index (χ1n) is 13.7. The van der Waals surface area contributed by atoms with Crippen molar-refractivity contribution in [3.63, 3.8) is 0 Å². The molecule has 0 bridgehead atoms. The van der Waals surface area contributed by atoms with Crippen LogP contribution in [0.15, 0.2) is 29.3 Å². The minimum Gasteiger partial charge on any atom is -0.494 e. The van der Waals surface area contributed by atoms with Crippen molar-refractivity contribution >= 4 is 23.9 Å². The average molecular weight is 547 g/mol. The van der Waals surface area contributed by atoms with E-state index < -0.39 is 23.7 Å². The summed E-state index contributed by atoms with van der Waals surface area (Å²) in [6.07, 6.45) is 2.38. The Morgan fingerprint density at radius 1 is 1.10 bits per heavy atom. The number of benzene rings is 1. The summed E-state index contributed by atoms with van der Waals surface area (Å²) >= 11 is 0. The van der Waals surface area contributed by atoms with E-state index in [2.05, 4.69) is 17.2 Å². The van der Waals surface area contributed by atoms with E-state index in [0.717, 1.165) is 30.6 Å². The number of hydrogen-bond acceptors (Lipinski definition) is 6. The monoisotopic (exact) mass is 546 g/mol. The van der Waals surface area contributed by atoms with Crippen LogP contribution in [-0.2, 0) is 20.7 Å². The number of nitrogens with zero attached hydrogens (tertiary/aromatic N) is 2. The largest absolute Gasteiger partial charge is 0.494 e. The Balaban J connectivity index is 1.79. The second kappa shape index (κ2) is 14.7. The van der Waals surface area contributed by atoms with E-state index in [4.69, 9.17) is 19.9 Å². The highest BCUT2D eigenvalue weighted by atomic mass is 16.6. The van der Waals surface area contributed by atoms with Crippen LogP contribution in [0.1, 0.15) is 66.4 Å². The molecule has 10 heteroatoms. The van der Waals surface area contributed by atoms with Gasteiger partial charge in [-0.3, -0.25) is 0 Å². The SMILES string of the molecule is COC(=O)C(Cc1ccc(OCC[C@@H](C)C2CCN(C(=O)N=C(N)C(C)C)CC2)cc1)NC(=O)OC(C)(C)C.